The number of carbonyl (C=O) groups is 2. The molecule has 1 fully saturated rings. The van der Waals surface area contributed by atoms with E-state index in [0.29, 0.717) is 0 Å². The summed E-state index contributed by atoms with van der Waals surface area (Å²) in [6.07, 6.45) is 0. The maximum Gasteiger partial charge on any atom is 0.235 e. The zero-order chi connectivity index (χ0) is 20.6. The van der Waals surface area contributed by atoms with Gasteiger partial charge in [-0.25, -0.2) is 0 Å². The minimum Gasteiger partial charge on any atom is -0.275 e. The molecule has 7 rings (SSSR count). The third-order valence-electron chi connectivity index (χ3n) is 7.22. The van der Waals surface area contributed by atoms with E-state index in [0.717, 1.165) is 27.8 Å². The first kappa shape index (κ1) is 18.1. The normalized spacial score (nSPS) is 29.4. The summed E-state index contributed by atoms with van der Waals surface area (Å²) in [5.41, 5.74) is 5.52. The highest BCUT2D eigenvalue weighted by Gasteiger charge is 2.67. The average Bonchev–Trinajstić information content (AvgIpc) is 3.06. The molecule has 3 aromatic rings. The molecular formula is C26H20BrNO2. The fourth-order valence-electron chi connectivity index (χ4n) is 5.96. The van der Waals surface area contributed by atoms with Gasteiger partial charge in [0.05, 0.1) is 22.2 Å². The van der Waals surface area contributed by atoms with Crippen LogP contribution in [0.25, 0.3) is 0 Å². The molecule has 1 aliphatic heterocycles. The molecular weight excluding hydrogens is 438 g/mol. The second-order valence-corrected chi connectivity index (χ2v) is 9.75. The highest BCUT2D eigenvalue weighted by Crippen LogP contribution is 2.66. The van der Waals surface area contributed by atoms with Crippen molar-refractivity contribution in [2.24, 2.45) is 11.8 Å². The van der Waals surface area contributed by atoms with Gasteiger partial charge in [-0.15, -0.1) is 0 Å². The Hall–Kier alpha value is -2.72. The fourth-order valence-corrected chi connectivity index (χ4v) is 7.17. The van der Waals surface area contributed by atoms with Gasteiger partial charge in [0.2, 0.25) is 11.8 Å². The fraction of sp³-hybridized carbons (Fsp3) is 0.231. The Morgan fingerprint density at radius 2 is 1.33 bits per heavy atom. The van der Waals surface area contributed by atoms with Gasteiger partial charge >= 0.3 is 0 Å². The smallest absolute Gasteiger partial charge is 0.235 e. The molecule has 0 aromatic heterocycles. The number of likely N-dealkylation sites (tertiary alicyclic amines) is 1. The molecule has 3 aromatic carbocycles. The Morgan fingerprint density at radius 1 is 0.800 bits per heavy atom. The predicted octanol–water partition coefficient (Wildman–Crippen LogP) is 5.15. The van der Waals surface area contributed by atoms with Gasteiger partial charge in [0.15, 0.2) is 0 Å². The topological polar surface area (TPSA) is 37.4 Å². The monoisotopic (exact) mass is 457 g/mol. The third-order valence-corrected chi connectivity index (χ3v) is 8.57. The van der Waals surface area contributed by atoms with Gasteiger partial charge in [0.1, 0.15) is 0 Å². The van der Waals surface area contributed by atoms with E-state index in [2.05, 4.69) is 40.2 Å². The van der Waals surface area contributed by atoms with Crippen LogP contribution in [-0.4, -0.2) is 16.7 Å². The molecule has 0 radical (unpaired) electrons. The van der Waals surface area contributed by atoms with Crippen LogP contribution in [-0.2, 0) is 13.9 Å². The van der Waals surface area contributed by atoms with Crippen LogP contribution in [0.1, 0.15) is 46.7 Å². The zero-order valence-corrected chi connectivity index (χ0v) is 18.0. The van der Waals surface area contributed by atoms with Crippen LogP contribution in [0.5, 0.6) is 0 Å². The van der Waals surface area contributed by atoms with Gasteiger partial charge in [0, 0.05) is 5.92 Å². The van der Waals surface area contributed by atoms with E-state index < -0.39 is 10.2 Å². The van der Waals surface area contributed by atoms with E-state index in [-0.39, 0.29) is 29.7 Å². The quantitative estimate of drug-likeness (QED) is 0.394. The number of halogens is 1. The lowest BCUT2D eigenvalue weighted by atomic mass is 9.55. The summed E-state index contributed by atoms with van der Waals surface area (Å²) in [7, 11) is 0. The van der Waals surface area contributed by atoms with Gasteiger partial charge in [-0.3, -0.25) is 14.5 Å². The number of carbonyl (C=O) groups excluding carboxylic acids is 2. The molecule has 3 atom stereocenters. The van der Waals surface area contributed by atoms with Gasteiger partial charge in [-0.05, 0) is 34.7 Å². The Balaban J connectivity index is 1.57. The van der Waals surface area contributed by atoms with E-state index in [4.69, 9.17) is 0 Å². The maximum absolute atomic E-state index is 13.9. The number of alkyl halides is 1. The summed E-state index contributed by atoms with van der Waals surface area (Å²) in [5.74, 6) is -1.04. The summed E-state index contributed by atoms with van der Waals surface area (Å²) in [6, 6.07) is 26.0. The highest BCUT2D eigenvalue weighted by atomic mass is 79.9. The van der Waals surface area contributed by atoms with Gasteiger partial charge < -0.3 is 0 Å². The van der Waals surface area contributed by atoms with Crippen LogP contribution in [0.15, 0.2) is 78.9 Å². The molecule has 0 N–H and O–H groups in total. The van der Waals surface area contributed by atoms with Crippen LogP contribution in [0.2, 0.25) is 0 Å². The van der Waals surface area contributed by atoms with Crippen molar-refractivity contribution < 1.29 is 9.59 Å². The first-order valence-corrected chi connectivity index (χ1v) is 11.1. The van der Waals surface area contributed by atoms with Crippen LogP contribution in [0, 0.1) is 11.8 Å². The highest BCUT2D eigenvalue weighted by molar-refractivity contribution is 9.09. The largest absolute Gasteiger partial charge is 0.275 e. The van der Waals surface area contributed by atoms with E-state index in [1.807, 2.05) is 61.5 Å². The van der Waals surface area contributed by atoms with Crippen LogP contribution in [0.3, 0.4) is 0 Å². The first-order chi connectivity index (χ1) is 14.5. The number of imide groups is 1. The molecule has 3 nitrogen and oxygen atoms in total. The van der Waals surface area contributed by atoms with Crippen molar-refractivity contribution in [2.75, 3.05) is 0 Å². The van der Waals surface area contributed by atoms with Crippen molar-refractivity contribution in [1.82, 2.24) is 4.90 Å². The number of amides is 2. The lowest BCUT2D eigenvalue weighted by Crippen LogP contribution is -2.50. The van der Waals surface area contributed by atoms with Gasteiger partial charge in [-0.2, -0.15) is 0 Å². The lowest BCUT2D eigenvalue weighted by Gasteiger charge is -2.51. The summed E-state index contributed by atoms with van der Waals surface area (Å²) in [6.45, 7) is 1.95. The third kappa shape index (κ3) is 2.05. The number of hydrogen-bond donors (Lipinski definition) is 0. The van der Waals surface area contributed by atoms with Crippen molar-refractivity contribution in [1.29, 1.82) is 0 Å². The van der Waals surface area contributed by atoms with Crippen molar-refractivity contribution >= 4 is 27.7 Å². The molecule has 0 saturated carbocycles. The Kier molecular flexibility index (Phi) is 3.70. The molecule has 148 valence electrons. The van der Waals surface area contributed by atoms with E-state index in [9.17, 15) is 9.59 Å². The van der Waals surface area contributed by atoms with Crippen molar-refractivity contribution in [3.8, 4) is 0 Å². The zero-order valence-electron chi connectivity index (χ0n) is 16.5. The SMILES string of the molecule is C[C@H](c1ccccc1)N1C(=O)[C@@H]2[C@@H](C1=O)C1c3ccccc3C2(Br)c2ccccc21. The summed E-state index contributed by atoms with van der Waals surface area (Å²) >= 11 is 4.04. The lowest BCUT2D eigenvalue weighted by molar-refractivity contribution is -0.142. The molecule has 0 unspecified atom stereocenters. The molecule has 3 aliphatic carbocycles. The summed E-state index contributed by atoms with van der Waals surface area (Å²) in [5, 5.41) is 0. The second-order valence-electron chi connectivity index (χ2n) is 8.50. The Labute approximate surface area is 183 Å². The van der Waals surface area contributed by atoms with Crippen LogP contribution in [0.4, 0.5) is 0 Å². The summed E-state index contributed by atoms with van der Waals surface area (Å²) in [4.78, 5) is 29.2. The standard InChI is InChI=1S/C26H20BrNO2/c1-15(16-9-3-2-4-10-16)28-24(29)22-21-17-11-5-7-13-19(17)26(27,23(22)25(28)30)20-14-8-6-12-18(20)21/h2-15,21-23H,1H3/t15-,21?,22+,23+,26?/m1/s1. The van der Waals surface area contributed by atoms with E-state index in [1.54, 1.807) is 0 Å². The Morgan fingerprint density at radius 3 is 1.93 bits per heavy atom. The minimum atomic E-state index is -0.683. The molecule has 1 heterocycles. The molecule has 0 spiro atoms. The summed E-state index contributed by atoms with van der Waals surface area (Å²) < 4.78 is -0.683. The number of benzene rings is 3. The Bertz CT molecular complexity index is 1160. The first-order valence-electron chi connectivity index (χ1n) is 10.3. The number of rotatable bonds is 2. The molecule has 1 saturated heterocycles. The predicted molar refractivity (Wildman–Crippen MR) is 118 cm³/mol. The van der Waals surface area contributed by atoms with Gasteiger partial charge in [-0.1, -0.05) is 94.8 Å². The van der Waals surface area contributed by atoms with E-state index >= 15 is 0 Å². The molecule has 2 bridgehead atoms. The van der Waals surface area contributed by atoms with Crippen LogP contribution >= 0.6 is 15.9 Å². The molecule has 2 amide bonds. The van der Waals surface area contributed by atoms with Crippen molar-refractivity contribution in [2.45, 2.75) is 23.2 Å². The average molecular weight is 458 g/mol. The van der Waals surface area contributed by atoms with E-state index in [1.165, 1.54) is 4.90 Å². The maximum atomic E-state index is 13.9. The van der Waals surface area contributed by atoms with Crippen molar-refractivity contribution in [3.05, 3.63) is 107 Å². The molecule has 4 heteroatoms. The molecule has 4 aliphatic rings. The van der Waals surface area contributed by atoms with Gasteiger partial charge in [0.25, 0.3) is 0 Å². The second kappa shape index (κ2) is 6.14. The van der Waals surface area contributed by atoms with Crippen LogP contribution < -0.4 is 0 Å². The molecule has 30 heavy (non-hydrogen) atoms. The van der Waals surface area contributed by atoms with Crippen molar-refractivity contribution in [3.63, 3.8) is 0 Å². The number of hydrogen-bond acceptors (Lipinski definition) is 2. The number of nitrogens with zero attached hydrogens (tertiary/aromatic N) is 1. The minimum absolute atomic E-state index is 0.0563.